The molecule has 0 radical (unpaired) electrons. The first-order valence-electron chi connectivity index (χ1n) is 9.62. The zero-order valence-corrected chi connectivity index (χ0v) is 16.3. The van der Waals surface area contributed by atoms with Gasteiger partial charge in [-0.3, -0.25) is 9.78 Å². The zero-order chi connectivity index (χ0) is 19.5. The number of likely N-dealkylation sites (N-methyl/N-ethyl adjacent to an activating group) is 1. The molecular weight excluding hydrogens is 358 g/mol. The van der Waals surface area contributed by atoms with Gasteiger partial charge >= 0.3 is 0 Å². The molecule has 2 aliphatic rings. The number of amides is 1. The maximum Gasteiger partial charge on any atom is 0.239 e. The van der Waals surface area contributed by atoms with E-state index in [1.807, 2.05) is 18.0 Å². The van der Waals surface area contributed by atoms with Crippen molar-refractivity contribution in [1.82, 2.24) is 20.3 Å². The molecule has 1 aliphatic carbocycles. The smallest absolute Gasteiger partial charge is 0.239 e. The van der Waals surface area contributed by atoms with Crippen molar-refractivity contribution < 1.29 is 14.3 Å². The summed E-state index contributed by atoms with van der Waals surface area (Å²) in [4.78, 5) is 28.2. The summed E-state index contributed by atoms with van der Waals surface area (Å²) in [7, 11) is 3.52. The molecule has 1 N–H and O–H groups in total. The van der Waals surface area contributed by atoms with Crippen LogP contribution in [0.15, 0.2) is 18.3 Å². The standard InChI is InChI=1S/C20H25N5O3/c1-25(11-18(26)22-13-7-9-28-12-13)20-15-4-3-5-16(15)23-19(24-20)17-10-14(27-2)6-8-21-17/h6,8,10,13H,3-5,7,9,11-12H2,1-2H3,(H,22,26)/t13-/m0/s1. The van der Waals surface area contributed by atoms with Crippen LogP contribution in [0.5, 0.6) is 5.75 Å². The van der Waals surface area contributed by atoms with Crippen molar-refractivity contribution in [3.05, 3.63) is 29.6 Å². The summed E-state index contributed by atoms with van der Waals surface area (Å²) in [6.45, 7) is 1.53. The first-order chi connectivity index (χ1) is 13.6. The molecule has 1 aliphatic heterocycles. The molecule has 0 spiro atoms. The normalized spacial score (nSPS) is 18.0. The molecule has 1 fully saturated rings. The van der Waals surface area contributed by atoms with Crippen LogP contribution in [-0.2, 0) is 22.4 Å². The van der Waals surface area contributed by atoms with Gasteiger partial charge in [-0.15, -0.1) is 0 Å². The highest BCUT2D eigenvalue weighted by Gasteiger charge is 2.24. The lowest BCUT2D eigenvalue weighted by molar-refractivity contribution is -0.120. The molecule has 2 aromatic heterocycles. The number of ether oxygens (including phenoxy) is 2. The average Bonchev–Trinajstić information content (AvgIpc) is 3.38. The Morgan fingerprint density at radius 2 is 2.29 bits per heavy atom. The van der Waals surface area contributed by atoms with Crippen molar-refractivity contribution in [2.75, 3.05) is 38.8 Å². The molecule has 148 valence electrons. The minimum absolute atomic E-state index is 0.0237. The summed E-state index contributed by atoms with van der Waals surface area (Å²) in [5.41, 5.74) is 2.84. The third-order valence-electron chi connectivity index (χ3n) is 5.14. The van der Waals surface area contributed by atoms with Crippen LogP contribution in [0.1, 0.15) is 24.1 Å². The second kappa shape index (κ2) is 8.10. The SMILES string of the molecule is COc1ccnc(-c2nc3c(c(N(C)CC(=O)N[C@H]4CCOC4)n2)CCC3)c1. The Morgan fingerprint density at radius 1 is 1.39 bits per heavy atom. The van der Waals surface area contributed by atoms with Gasteiger partial charge in [-0.1, -0.05) is 0 Å². The Morgan fingerprint density at radius 3 is 3.07 bits per heavy atom. The van der Waals surface area contributed by atoms with Gasteiger partial charge in [-0.05, 0) is 31.7 Å². The van der Waals surface area contributed by atoms with Crippen LogP contribution in [0.2, 0.25) is 0 Å². The van der Waals surface area contributed by atoms with Crippen molar-refractivity contribution in [3.63, 3.8) is 0 Å². The van der Waals surface area contributed by atoms with Crippen molar-refractivity contribution in [3.8, 4) is 17.3 Å². The van der Waals surface area contributed by atoms with Crippen LogP contribution >= 0.6 is 0 Å². The molecule has 0 unspecified atom stereocenters. The van der Waals surface area contributed by atoms with Gasteiger partial charge in [0.1, 0.15) is 17.3 Å². The highest BCUT2D eigenvalue weighted by atomic mass is 16.5. The molecule has 1 atom stereocenters. The van der Waals surface area contributed by atoms with Crippen LogP contribution in [0.3, 0.4) is 0 Å². The van der Waals surface area contributed by atoms with Gasteiger partial charge in [0.2, 0.25) is 5.91 Å². The fraction of sp³-hybridized carbons (Fsp3) is 0.500. The van der Waals surface area contributed by atoms with Gasteiger partial charge in [-0.25, -0.2) is 9.97 Å². The largest absolute Gasteiger partial charge is 0.497 e. The van der Waals surface area contributed by atoms with Crippen molar-refractivity contribution in [2.24, 2.45) is 0 Å². The van der Waals surface area contributed by atoms with E-state index in [1.54, 1.807) is 19.4 Å². The molecule has 0 aromatic carbocycles. The zero-order valence-electron chi connectivity index (χ0n) is 16.3. The van der Waals surface area contributed by atoms with Gasteiger partial charge in [0.05, 0.1) is 26.3 Å². The number of carbonyl (C=O) groups is 1. The summed E-state index contributed by atoms with van der Waals surface area (Å²) < 4.78 is 10.6. The second-order valence-corrected chi connectivity index (χ2v) is 7.21. The molecule has 0 bridgehead atoms. The minimum atomic E-state index is -0.0237. The summed E-state index contributed by atoms with van der Waals surface area (Å²) in [6.07, 6.45) is 5.45. The van der Waals surface area contributed by atoms with E-state index < -0.39 is 0 Å². The fourth-order valence-electron chi connectivity index (χ4n) is 3.72. The van der Waals surface area contributed by atoms with Crippen LogP contribution in [0.4, 0.5) is 5.82 Å². The van der Waals surface area contributed by atoms with E-state index in [2.05, 4.69) is 10.3 Å². The van der Waals surface area contributed by atoms with E-state index in [0.717, 1.165) is 42.8 Å². The maximum atomic E-state index is 12.4. The van der Waals surface area contributed by atoms with E-state index in [-0.39, 0.29) is 18.5 Å². The molecule has 0 saturated carbocycles. The lowest BCUT2D eigenvalue weighted by Gasteiger charge is -2.22. The molecule has 3 heterocycles. The molecule has 2 aromatic rings. The summed E-state index contributed by atoms with van der Waals surface area (Å²) in [5.74, 6) is 2.05. The number of rotatable bonds is 6. The summed E-state index contributed by atoms with van der Waals surface area (Å²) >= 11 is 0. The third kappa shape index (κ3) is 3.91. The molecule has 1 amide bonds. The van der Waals surface area contributed by atoms with Crippen LogP contribution in [0, 0.1) is 0 Å². The molecule has 8 heteroatoms. The number of fused-ring (bicyclic) bond motifs is 1. The van der Waals surface area contributed by atoms with E-state index in [0.29, 0.717) is 30.5 Å². The first-order valence-corrected chi connectivity index (χ1v) is 9.62. The highest BCUT2D eigenvalue weighted by molar-refractivity contribution is 5.81. The Balaban J connectivity index is 1.58. The van der Waals surface area contributed by atoms with E-state index in [4.69, 9.17) is 19.4 Å². The van der Waals surface area contributed by atoms with Gasteiger partial charge in [0, 0.05) is 37.2 Å². The summed E-state index contributed by atoms with van der Waals surface area (Å²) in [5, 5.41) is 3.03. The molecular formula is C20H25N5O3. The van der Waals surface area contributed by atoms with Crippen molar-refractivity contribution in [1.29, 1.82) is 0 Å². The number of hydrogen-bond acceptors (Lipinski definition) is 7. The quantitative estimate of drug-likeness (QED) is 0.806. The van der Waals surface area contributed by atoms with Gasteiger partial charge in [-0.2, -0.15) is 0 Å². The maximum absolute atomic E-state index is 12.4. The predicted octanol–water partition coefficient (Wildman–Crippen LogP) is 1.38. The Bertz CT molecular complexity index is 867. The second-order valence-electron chi connectivity index (χ2n) is 7.21. The predicted molar refractivity (Wildman–Crippen MR) is 104 cm³/mol. The van der Waals surface area contributed by atoms with E-state index in [9.17, 15) is 4.79 Å². The Kier molecular flexibility index (Phi) is 5.38. The van der Waals surface area contributed by atoms with E-state index in [1.165, 1.54) is 0 Å². The topological polar surface area (TPSA) is 89.5 Å². The molecule has 8 nitrogen and oxygen atoms in total. The number of carbonyl (C=O) groups excluding carboxylic acids is 1. The van der Waals surface area contributed by atoms with Gasteiger partial charge < -0.3 is 19.7 Å². The number of pyridine rings is 1. The number of aromatic nitrogens is 3. The summed E-state index contributed by atoms with van der Waals surface area (Å²) in [6, 6.07) is 3.72. The molecule has 4 rings (SSSR count). The van der Waals surface area contributed by atoms with Crippen molar-refractivity contribution in [2.45, 2.75) is 31.7 Å². The van der Waals surface area contributed by atoms with Crippen LogP contribution in [0.25, 0.3) is 11.5 Å². The van der Waals surface area contributed by atoms with Gasteiger partial charge in [0.15, 0.2) is 5.82 Å². The van der Waals surface area contributed by atoms with Crippen molar-refractivity contribution >= 4 is 11.7 Å². The number of hydrogen-bond donors (Lipinski definition) is 1. The molecule has 1 saturated heterocycles. The lowest BCUT2D eigenvalue weighted by Crippen LogP contribution is -2.41. The first kappa shape index (κ1) is 18.6. The number of nitrogens with zero attached hydrogens (tertiary/aromatic N) is 4. The highest BCUT2D eigenvalue weighted by Crippen LogP contribution is 2.31. The van der Waals surface area contributed by atoms with Crippen LogP contribution in [-0.4, -0.2) is 60.8 Å². The minimum Gasteiger partial charge on any atom is -0.497 e. The average molecular weight is 383 g/mol. The van der Waals surface area contributed by atoms with Crippen LogP contribution < -0.4 is 15.0 Å². The number of aryl methyl sites for hydroxylation is 1. The Hall–Kier alpha value is -2.74. The monoisotopic (exact) mass is 383 g/mol. The number of nitrogens with one attached hydrogen (secondary N) is 1. The fourth-order valence-corrected chi connectivity index (χ4v) is 3.72. The number of methoxy groups -OCH3 is 1. The molecule has 28 heavy (non-hydrogen) atoms. The lowest BCUT2D eigenvalue weighted by atomic mass is 10.2. The third-order valence-corrected chi connectivity index (χ3v) is 5.14. The van der Waals surface area contributed by atoms with Gasteiger partial charge in [0.25, 0.3) is 0 Å². The Labute approximate surface area is 164 Å². The number of anilines is 1. The van der Waals surface area contributed by atoms with E-state index >= 15 is 0 Å².